The second kappa shape index (κ2) is 10.1. The average Bonchev–Trinajstić information content (AvgIpc) is 3.21. The SMILES string of the molecule is CO/N=C(\CCCO[N+](=O)[O-])c1cc(-c2ccc(S(C)(=O)=O)cc2)n(-c2ccccc2)n1. The molecule has 3 aromatic rings. The highest BCUT2D eigenvalue weighted by Crippen LogP contribution is 2.26. The minimum absolute atomic E-state index is 0.0745. The first-order valence-corrected chi connectivity index (χ1v) is 11.5. The highest BCUT2D eigenvalue weighted by Gasteiger charge is 2.17. The Morgan fingerprint density at radius 3 is 2.44 bits per heavy atom. The standard InChI is InChI=1S/C21H22N4O6S/c1-30-23-19(9-6-14-31-25(26)27)20-15-21(24(22-20)17-7-4-3-5-8-17)16-10-12-18(13-11-16)32(2,28)29/h3-5,7-8,10-13,15H,6,9,14H2,1-2H3/b23-19+. The Labute approximate surface area is 185 Å². The van der Waals surface area contributed by atoms with E-state index < -0.39 is 14.9 Å². The number of rotatable bonds is 10. The summed E-state index contributed by atoms with van der Waals surface area (Å²) in [5.74, 6) is 0. The Morgan fingerprint density at radius 1 is 1.16 bits per heavy atom. The molecule has 0 fully saturated rings. The van der Waals surface area contributed by atoms with E-state index >= 15 is 0 Å². The van der Waals surface area contributed by atoms with Gasteiger partial charge in [-0.25, -0.2) is 13.1 Å². The zero-order chi connectivity index (χ0) is 23.1. The van der Waals surface area contributed by atoms with Gasteiger partial charge in [0.2, 0.25) is 0 Å². The molecule has 0 aliphatic heterocycles. The Hall–Kier alpha value is -3.73. The summed E-state index contributed by atoms with van der Waals surface area (Å²) in [5.41, 5.74) is 3.31. The van der Waals surface area contributed by atoms with E-state index in [0.717, 1.165) is 23.2 Å². The van der Waals surface area contributed by atoms with Crippen molar-refractivity contribution in [1.29, 1.82) is 0 Å². The first-order chi connectivity index (χ1) is 15.3. The van der Waals surface area contributed by atoms with Crippen LogP contribution in [-0.4, -0.2) is 49.0 Å². The number of aromatic nitrogens is 2. The molecule has 0 atom stereocenters. The average molecular weight is 458 g/mol. The lowest BCUT2D eigenvalue weighted by molar-refractivity contribution is -0.757. The van der Waals surface area contributed by atoms with Gasteiger partial charge >= 0.3 is 0 Å². The van der Waals surface area contributed by atoms with Crippen LogP contribution < -0.4 is 0 Å². The zero-order valence-electron chi connectivity index (χ0n) is 17.5. The van der Waals surface area contributed by atoms with Crippen molar-refractivity contribution in [3.63, 3.8) is 0 Å². The van der Waals surface area contributed by atoms with Gasteiger partial charge < -0.3 is 9.68 Å². The molecule has 11 heteroatoms. The van der Waals surface area contributed by atoms with Crippen LogP contribution in [0.5, 0.6) is 0 Å². The van der Waals surface area contributed by atoms with Crippen molar-refractivity contribution in [2.24, 2.45) is 5.16 Å². The highest BCUT2D eigenvalue weighted by atomic mass is 32.2. The van der Waals surface area contributed by atoms with Crippen LogP contribution in [0.2, 0.25) is 0 Å². The fourth-order valence-electron chi connectivity index (χ4n) is 3.08. The summed E-state index contributed by atoms with van der Waals surface area (Å²) in [4.78, 5) is 19.9. The van der Waals surface area contributed by atoms with Gasteiger partial charge in [-0.1, -0.05) is 35.5 Å². The largest absolute Gasteiger partial charge is 0.399 e. The molecule has 0 saturated heterocycles. The quantitative estimate of drug-likeness (QED) is 0.197. The molecule has 1 aromatic heterocycles. The van der Waals surface area contributed by atoms with Crippen LogP contribution in [0.4, 0.5) is 0 Å². The van der Waals surface area contributed by atoms with E-state index in [1.54, 1.807) is 28.9 Å². The molecule has 1 heterocycles. The summed E-state index contributed by atoms with van der Waals surface area (Å²) in [6.07, 6.45) is 1.85. The predicted molar refractivity (Wildman–Crippen MR) is 118 cm³/mol. The number of para-hydroxylation sites is 1. The van der Waals surface area contributed by atoms with Gasteiger partial charge in [-0.15, -0.1) is 10.1 Å². The third kappa shape index (κ3) is 5.70. The first-order valence-electron chi connectivity index (χ1n) is 9.63. The van der Waals surface area contributed by atoms with Crippen molar-refractivity contribution in [2.45, 2.75) is 17.7 Å². The lowest BCUT2D eigenvalue weighted by atomic mass is 10.1. The van der Waals surface area contributed by atoms with E-state index in [-0.39, 0.29) is 11.5 Å². The molecule has 0 amide bonds. The smallest absolute Gasteiger partial charge is 0.294 e. The molecule has 0 aliphatic carbocycles. The molecule has 0 aliphatic rings. The van der Waals surface area contributed by atoms with Crippen molar-refractivity contribution in [1.82, 2.24) is 9.78 Å². The molecule has 2 aromatic carbocycles. The maximum atomic E-state index is 11.8. The monoisotopic (exact) mass is 458 g/mol. The molecular formula is C21H22N4O6S. The molecule has 3 rings (SSSR count). The normalized spacial score (nSPS) is 11.9. The summed E-state index contributed by atoms with van der Waals surface area (Å²) >= 11 is 0. The number of hydrogen-bond acceptors (Lipinski definition) is 8. The van der Waals surface area contributed by atoms with Crippen LogP contribution in [0.1, 0.15) is 18.5 Å². The fraction of sp³-hybridized carbons (Fsp3) is 0.238. The molecule has 10 nitrogen and oxygen atoms in total. The predicted octanol–water partition coefficient (Wildman–Crippen LogP) is 3.28. The van der Waals surface area contributed by atoms with Gasteiger partial charge in [-0.2, -0.15) is 5.10 Å². The summed E-state index contributed by atoms with van der Waals surface area (Å²) in [6.45, 7) is -0.0745. The lowest BCUT2D eigenvalue weighted by Gasteiger charge is -2.08. The van der Waals surface area contributed by atoms with Crippen LogP contribution in [0.15, 0.2) is 70.7 Å². The molecule has 0 bridgehead atoms. The molecule has 32 heavy (non-hydrogen) atoms. The Kier molecular flexibility index (Phi) is 7.21. The number of benzene rings is 2. The fourth-order valence-corrected chi connectivity index (χ4v) is 3.71. The van der Waals surface area contributed by atoms with E-state index in [9.17, 15) is 18.5 Å². The third-order valence-corrected chi connectivity index (χ3v) is 5.67. The van der Waals surface area contributed by atoms with Crippen LogP contribution in [-0.2, 0) is 19.5 Å². The molecule has 0 N–H and O–H groups in total. The lowest BCUT2D eigenvalue weighted by Crippen LogP contribution is -2.08. The van der Waals surface area contributed by atoms with Gasteiger partial charge in [0.25, 0.3) is 5.09 Å². The summed E-state index contributed by atoms with van der Waals surface area (Å²) in [5, 5.41) is 18.2. The molecule has 0 spiro atoms. The van der Waals surface area contributed by atoms with E-state index in [1.807, 2.05) is 36.4 Å². The van der Waals surface area contributed by atoms with Crippen molar-refractivity contribution in [3.05, 3.63) is 76.5 Å². The summed E-state index contributed by atoms with van der Waals surface area (Å²) in [6, 6.07) is 17.8. The van der Waals surface area contributed by atoms with Crippen molar-refractivity contribution >= 4 is 15.5 Å². The number of oxime groups is 1. The van der Waals surface area contributed by atoms with E-state index in [2.05, 4.69) is 15.1 Å². The van der Waals surface area contributed by atoms with Gasteiger partial charge in [-0.3, -0.25) is 0 Å². The van der Waals surface area contributed by atoms with Crippen LogP contribution in [0.3, 0.4) is 0 Å². The van der Waals surface area contributed by atoms with E-state index in [1.165, 1.54) is 7.11 Å². The van der Waals surface area contributed by atoms with Crippen LogP contribution in [0, 0.1) is 10.1 Å². The number of nitrogens with zero attached hydrogens (tertiary/aromatic N) is 4. The van der Waals surface area contributed by atoms with E-state index in [0.29, 0.717) is 24.2 Å². The Balaban J connectivity index is 2.01. The van der Waals surface area contributed by atoms with Crippen LogP contribution >= 0.6 is 0 Å². The Bertz CT molecular complexity index is 1200. The van der Waals surface area contributed by atoms with Crippen LogP contribution in [0.25, 0.3) is 16.9 Å². The summed E-state index contributed by atoms with van der Waals surface area (Å²) in [7, 11) is -1.91. The van der Waals surface area contributed by atoms with Gasteiger partial charge in [0, 0.05) is 11.8 Å². The zero-order valence-corrected chi connectivity index (χ0v) is 18.4. The molecule has 0 unspecified atom stereocenters. The molecule has 0 saturated carbocycles. The van der Waals surface area contributed by atoms with Gasteiger partial charge in [0.15, 0.2) is 9.84 Å². The Morgan fingerprint density at radius 2 is 1.84 bits per heavy atom. The maximum absolute atomic E-state index is 11.8. The third-order valence-electron chi connectivity index (χ3n) is 4.54. The number of sulfone groups is 1. The van der Waals surface area contributed by atoms with E-state index in [4.69, 9.17) is 4.84 Å². The van der Waals surface area contributed by atoms with Gasteiger partial charge in [-0.05, 0) is 43.2 Å². The minimum Gasteiger partial charge on any atom is -0.399 e. The van der Waals surface area contributed by atoms with Crippen molar-refractivity contribution < 1.29 is 23.2 Å². The van der Waals surface area contributed by atoms with Crippen molar-refractivity contribution in [3.8, 4) is 16.9 Å². The topological polar surface area (TPSA) is 126 Å². The molecular weight excluding hydrogens is 436 g/mol. The number of hydrogen-bond donors (Lipinski definition) is 0. The molecule has 168 valence electrons. The summed E-state index contributed by atoms with van der Waals surface area (Å²) < 4.78 is 25.3. The first kappa shape index (κ1) is 22.9. The highest BCUT2D eigenvalue weighted by molar-refractivity contribution is 7.90. The minimum atomic E-state index is -3.32. The molecule has 0 radical (unpaired) electrons. The second-order valence-corrected chi connectivity index (χ2v) is 8.86. The van der Waals surface area contributed by atoms with Crippen molar-refractivity contribution in [2.75, 3.05) is 20.0 Å². The van der Waals surface area contributed by atoms with Gasteiger partial charge in [0.05, 0.1) is 22.9 Å². The van der Waals surface area contributed by atoms with Gasteiger partial charge in [0.1, 0.15) is 18.5 Å². The maximum Gasteiger partial charge on any atom is 0.294 e. The second-order valence-electron chi connectivity index (χ2n) is 6.84.